The summed E-state index contributed by atoms with van der Waals surface area (Å²) in [6.07, 6.45) is 5.63. The third-order valence-corrected chi connectivity index (χ3v) is 5.61. The van der Waals surface area contributed by atoms with Crippen molar-refractivity contribution in [3.63, 3.8) is 0 Å². The molecule has 3 aromatic rings. The van der Waals surface area contributed by atoms with Crippen LogP contribution in [-0.2, 0) is 24.3 Å². The number of carbonyl (C=O) groups excluding carboxylic acids is 1. The summed E-state index contributed by atoms with van der Waals surface area (Å²) in [5, 5.41) is 8.27. The molecule has 0 fully saturated rings. The Balaban J connectivity index is 1.51. The van der Waals surface area contributed by atoms with Gasteiger partial charge in [-0.1, -0.05) is 23.8 Å². The highest BCUT2D eigenvalue weighted by molar-refractivity contribution is 7.14. The molecule has 0 N–H and O–H groups in total. The van der Waals surface area contributed by atoms with Crippen molar-refractivity contribution in [2.75, 3.05) is 0 Å². The van der Waals surface area contributed by atoms with E-state index in [1.54, 1.807) is 24.3 Å². The van der Waals surface area contributed by atoms with E-state index in [0.717, 1.165) is 17.5 Å². The number of hydrogen-bond donors (Lipinski definition) is 0. The summed E-state index contributed by atoms with van der Waals surface area (Å²) >= 11 is 1.50. The first kappa shape index (κ1) is 16.0. The molecule has 0 atom stereocenters. The molecule has 128 valence electrons. The lowest BCUT2D eigenvalue weighted by atomic mass is 10.1. The van der Waals surface area contributed by atoms with Crippen molar-refractivity contribution in [1.29, 1.82) is 0 Å². The molecule has 1 aliphatic rings. The monoisotopic (exact) mass is 355 g/mol. The number of aromatic nitrogens is 3. The highest BCUT2D eigenvalue weighted by atomic mass is 32.1. The minimum Gasteiger partial charge on any atom is -0.438 e. The van der Waals surface area contributed by atoms with E-state index in [1.165, 1.54) is 41.0 Å². The number of thiophene rings is 1. The Morgan fingerprint density at radius 2 is 2.04 bits per heavy atom. The maximum atomic E-state index is 12.3. The SMILES string of the molecule is O=C(OCn1nnc2ccccc2c1=O)c1cc2c(s1)CCCCC2. The summed E-state index contributed by atoms with van der Waals surface area (Å²) in [4.78, 5) is 26.5. The molecule has 0 radical (unpaired) electrons. The Kier molecular flexibility index (Phi) is 4.31. The zero-order chi connectivity index (χ0) is 17.2. The van der Waals surface area contributed by atoms with Gasteiger partial charge >= 0.3 is 5.97 Å². The zero-order valence-corrected chi connectivity index (χ0v) is 14.4. The van der Waals surface area contributed by atoms with Gasteiger partial charge in [0.2, 0.25) is 0 Å². The van der Waals surface area contributed by atoms with Crippen LogP contribution >= 0.6 is 11.3 Å². The van der Waals surface area contributed by atoms with Gasteiger partial charge in [-0.3, -0.25) is 4.79 Å². The molecule has 2 aromatic heterocycles. The van der Waals surface area contributed by atoms with Crippen molar-refractivity contribution < 1.29 is 9.53 Å². The van der Waals surface area contributed by atoms with E-state index < -0.39 is 5.97 Å². The second-order valence-corrected chi connectivity index (χ2v) is 7.23. The predicted molar refractivity (Wildman–Crippen MR) is 94.8 cm³/mol. The molecule has 1 aromatic carbocycles. The molecule has 0 unspecified atom stereocenters. The van der Waals surface area contributed by atoms with E-state index >= 15 is 0 Å². The lowest BCUT2D eigenvalue weighted by Crippen LogP contribution is -2.26. The van der Waals surface area contributed by atoms with Crippen LogP contribution in [-0.4, -0.2) is 21.0 Å². The van der Waals surface area contributed by atoms with Crippen molar-refractivity contribution in [3.8, 4) is 0 Å². The highest BCUT2D eigenvalue weighted by Gasteiger charge is 2.18. The maximum Gasteiger partial charge on any atom is 0.350 e. The zero-order valence-electron chi connectivity index (χ0n) is 13.6. The van der Waals surface area contributed by atoms with Crippen LogP contribution in [0.5, 0.6) is 0 Å². The summed E-state index contributed by atoms with van der Waals surface area (Å²) in [6, 6.07) is 8.89. The minimum atomic E-state index is -0.417. The molecule has 25 heavy (non-hydrogen) atoms. The second kappa shape index (κ2) is 6.76. The normalized spacial score (nSPS) is 14.1. The Labute approximate surface area is 148 Å². The lowest BCUT2D eigenvalue weighted by molar-refractivity contribution is 0.0342. The number of fused-ring (bicyclic) bond motifs is 2. The number of rotatable bonds is 3. The fourth-order valence-electron chi connectivity index (χ4n) is 3.07. The van der Waals surface area contributed by atoms with Crippen LogP contribution in [0.1, 0.15) is 39.4 Å². The largest absolute Gasteiger partial charge is 0.438 e. The van der Waals surface area contributed by atoms with Crippen LogP contribution in [0, 0.1) is 0 Å². The Morgan fingerprint density at radius 1 is 1.20 bits per heavy atom. The van der Waals surface area contributed by atoms with Gasteiger partial charge in [-0.2, -0.15) is 4.68 Å². The Morgan fingerprint density at radius 3 is 2.96 bits per heavy atom. The summed E-state index contributed by atoms with van der Waals surface area (Å²) in [7, 11) is 0. The van der Waals surface area contributed by atoms with Gasteiger partial charge < -0.3 is 4.74 Å². The van der Waals surface area contributed by atoms with E-state index in [2.05, 4.69) is 10.3 Å². The fraction of sp³-hybridized carbons (Fsp3) is 0.333. The molecule has 1 aliphatic carbocycles. The molecule has 0 amide bonds. The molecule has 0 spiro atoms. The first-order valence-electron chi connectivity index (χ1n) is 8.33. The predicted octanol–water partition coefficient (Wildman–Crippen LogP) is 2.94. The lowest BCUT2D eigenvalue weighted by Gasteiger charge is -2.05. The molecule has 0 aliphatic heterocycles. The number of ether oxygens (including phenoxy) is 1. The van der Waals surface area contributed by atoms with Gasteiger partial charge in [0.25, 0.3) is 5.56 Å². The van der Waals surface area contributed by atoms with Gasteiger partial charge in [-0.25, -0.2) is 4.79 Å². The average molecular weight is 355 g/mol. The van der Waals surface area contributed by atoms with Crippen molar-refractivity contribution in [2.24, 2.45) is 0 Å². The minimum absolute atomic E-state index is 0.238. The second-order valence-electron chi connectivity index (χ2n) is 6.09. The number of aryl methyl sites for hydroxylation is 2. The molecular formula is C18H17N3O3S. The summed E-state index contributed by atoms with van der Waals surface area (Å²) in [6.45, 7) is -0.238. The molecule has 0 saturated carbocycles. The van der Waals surface area contributed by atoms with E-state index in [9.17, 15) is 9.59 Å². The molecule has 7 heteroatoms. The van der Waals surface area contributed by atoms with Crippen LogP contribution in [0.3, 0.4) is 0 Å². The van der Waals surface area contributed by atoms with Crippen LogP contribution in [0.4, 0.5) is 0 Å². The molecule has 0 bridgehead atoms. The maximum absolute atomic E-state index is 12.3. The van der Waals surface area contributed by atoms with Crippen molar-refractivity contribution in [1.82, 2.24) is 15.0 Å². The topological polar surface area (TPSA) is 74.1 Å². The van der Waals surface area contributed by atoms with Gasteiger partial charge in [0.15, 0.2) is 6.73 Å². The van der Waals surface area contributed by atoms with Crippen molar-refractivity contribution in [2.45, 2.75) is 38.8 Å². The Hall–Kier alpha value is -2.54. The molecule has 2 heterocycles. The van der Waals surface area contributed by atoms with Gasteiger partial charge in [-0.15, -0.1) is 16.4 Å². The number of hydrogen-bond acceptors (Lipinski definition) is 6. The van der Waals surface area contributed by atoms with Crippen LogP contribution in [0.15, 0.2) is 35.1 Å². The number of nitrogens with zero attached hydrogens (tertiary/aromatic N) is 3. The average Bonchev–Trinajstić information content (AvgIpc) is 2.92. The Bertz CT molecular complexity index is 969. The summed E-state index contributed by atoms with van der Waals surface area (Å²) < 4.78 is 6.35. The van der Waals surface area contributed by atoms with Gasteiger partial charge in [0.05, 0.1) is 5.39 Å². The number of esters is 1. The molecule has 0 saturated heterocycles. The quantitative estimate of drug-likeness (QED) is 0.533. The first-order chi connectivity index (χ1) is 12.2. The van der Waals surface area contributed by atoms with Crippen LogP contribution < -0.4 is 5.56 Å². The standard InChI is InChI=1S/C18H17N3O3S/c22-17-13-7-4-5-8-14(13)19-20-21(17)11-24-18(23)16-10-12-6-2-1-3-9-15(12)25-16/h4-5,7-8,10H,1-3,6,9,11H2. The third kappa shape index (κ3) is 3.19. The number of benzene rings is 1. The van der Waals surface area contributed by atoms with E-state index in [4.69, 9.17) is 4.74 Å². The van der Waals surface area contributed by atoms with Crippen molar-refractivity contribution in [3.05, 3.63) is 56.0 Å². The first-order valence-corrected chi connectivity index (χ1v) is 9.15. The van der Waals surface area contributed by atoms with Gasteiger partial charge in [0.1, 0.15) is 10.4 Å². The third-order valence-electron chi connectivity index (χ3n) is 4.40. The molecule has 6 nitrogen and oxygen atoms in total. The highest BCUT2D eigenvalue weighted by Crippen LogP contribution is 2.29. The van der Waals surface area contributed by atoms with E-state index in [-0.39, 0.29) is 12.3 Å². The smallest absolute Gasteiger partial charge is 0.350 e. The van der Waals surface area contributed by atoms with Crippen molar-refractivity contribution >= 4 is 28.2 Å². The van der Waals surface area contributed by atoms with E-state index in [1.807, 2.05) is 6.07 Å². The van der Waals surface area contributed by atoms with Gasteiger partial charge in [-0.05, 0) is 49.4 Å². The molecular weight excluding hydrogens is 338 g/mol. The van der Waals surface area contributed by atoms with Crippen LogP contribution in [0.25, 0.3) is 10.9 Å². The molecule has 4 rings (SSSR count). The van der Waals surface area contributed by atoms with E-state index in [0.29, 0.717) is 15.8 Å². The van der Waals surface area contributed by atoms with Crippen LogP contribution in [0.2, 0.25) is 0 Å². The summed E-state index contributed by atoms with van der Waals surface area (Å²) in [5.74, 6) is -0.417. The summed E-state index contributed by atoms with van der Waals surface area (Å²) in [5.41, 5.74) is 1.47. The fourth-order valence-corrected chi connectivity index (χ4v) is 4.21. The number of carbonyl (C=O) groups is 1. The van der Waals surface area contributed by atoms with Gasteiger partial charge in [0, 0.05) is 4.88 Å².